The number of phenolic OH excluding ortho intramolecular Hbond substituents is 1. The minimum atomic E-state index is -1.13. The van der Waals surface area contributed by atoms with Crippen LogP contribution in [0.3, 0.4) is 0 Å². The van der Waals surface area contributed by atoms with Crippen molar-refractivity contribution in [2.24, 2.45) is 5.92 Å². The van der Waals surface area contributed by atoms with Gasteiger partial charge in [0.05, 0.1) is 11.2 Å². The molecule has 1 aliphatic rings. The zero-order valence-corrected chi connectivity index (χ0v) is 16.5. The molecule has 1 aliphatic carbocycles. The van der Waals surface area contributed by atoms with Crippen LogP contribution >= 0.6 is 0 Å². The molecule has 0 bridgehead atoms. The lowest BCUT2D eigenvalue weighted by Gasteiger charge is -2.10. The Morgan fingerprint density at radius 2 is 1.83 bits per heavy atom. The van der Waals surface area contributed by atoms with Gasteiger partial charge in [-0.15, -0.1) is 0 Å². The van der Waals surface area contributed by atoms with Gasteiger partial charge in [-0.1, -0.05) is 12.8 Å². The molecule has 2 aromatic carbocycles. The molecule has 0 aliphatic heterocycles. The van der Waals surface area contributed by atoms with Gasteiger partial charge in [-0.2, -0.15) is 0 Å². The van der Waals surface area contributed by atoms with E-state index < -0.39 is 23.5 Å². The number of carbonyl (C=O) groups is 2. The molecule has 5 nitrogen and oxygen atoms in total. The predicted octanol–water partition coefficient (Wildman–Crippen LogP) is 5.11. The van der Waals surface area contributed by atoms with Crippen molar-refractivity contribution in [1.29, 1.82) is 0 Å². The molecule has 1 N–H and O–H groups in total. The summed E-state index contributed by atoms with van der Waals surface area (Å²) in [6, 6.07) is 7.24. The molecule has 0 radical (unpaired) electrons. The van der Waals surface area contributed by atoms with Gasteiger partial charge in [-0.25, -0.2) is 8.78 Å². The van der Waals surface area contributed by atoms with Gasteiger partial charge in [-0.3, -0.25) is 14.2 Å². The third kappa shape index (κ3) is 3.67. The largest absolute Gasteiger partial charge is 0.508 e. The summed E-state index contributed by atoms with van der Waals surface area (Å²) < 4.78 is 33.8. The number of carbonyl (C=O) groups excluding carboxylic acids is 2. The maximum Gasteiger partial charge on any atom is 0.311 e. The normalized spacial score (nSPS) is 14.4. The van der Waals surface area contributed by atoms with Crippen molar-refractivity contribution >= 4 is 22.8 Å². The van der Waals surface area contributed by atoms with E-state index in [1.165, 1.54) is 28.8 Å². The molecule has 7 heteroatoms. The first-order chi connectivity index (χ1) is 14.3. The monoisotopic (exact) mass is 413 g/mol. The lowest BCUT2D eigenvalue weighted by Crippen LogP contribution is -2.15. The molecular weight excluding hydrogens is 392 g/mol. The number of hydrogen-bond donors (Lipinski definition) is 1. The number of phenols is 1. The van der Waals surface area contributed by atoms with E-state index >= 15 is 0 Å². The van der Waals surface area contributed by atoms with Crippen molar-refractivity contribution in [1.82, 2.24) is 4.57 Å². The Hall–Kier alpha value is -3.22. The summed E-state index contributed by atoms with van der Waals surface area (Å²) in [5.41, 5.74) is 0.680. The van der Waals surface area contributed by atoms with Crippen LogP contribution in [-0.2, 0) is 4.79 Å². The molecule has 3 aromatic rings. The summed E-state index contributed by atoms with van der Waals surface area (Å²) >= 11 is 0. The fourth-order valence-corrected chi connectivity index (χ4v) is 4.13. The van der Waals surface area contributed by atoms with Crippen molar-refractivity contribution < 1.29 is 28.2 Å². The summed E-state index contributed by atoms with van der Waals surface area (Å²) in [5, 5.41) is 10.3. The van der Waals surface area contributed by atoms with E-state index in [-0.39, 0.29) is 17.1 Å². The number of ether oxygens (including phenoxy) is 1. The summed E-state index contributed by atoms with van der Waals surface area (Å²) in [6.07, 6.45) is 4.48. The molecule has 156 valence electrons. The van der Waals surface area contributed by atoms with E-state index in [2.05, 4.69) is 0 Å². The lowest BCUT2D eigenvalue weighted by atomic mass is 10.0. The second kappa shape index (κ2) is 7.89. The van der Waals surface area contributed by atoms with E-state index in [9.17, 15) is 23.5 Å². The third-order valence-electron chi connectivity index (χ3n) is 5.65. The maximum atomic E-state index is 13.7. The topological polar surface area (TPSA) is 68.5 Å². The van der Waals surface area contributed by atoms with Crippen molar-refractivity contribution in [3.05, 3.63) is 59.3 Å². The summed E-state index contributed by atoms with van der Waals surface area (Å²) in [4.78, 5) is 25.6. The third-order valence-corrected chi connectivity index (χ3v) is 5.65. The van der Waals surface area contributed by atoms with Gasteiger partial charge in [0, 0.05) is 17.4 Å². The highest BCUT2D eigenvalue weighted by Gasteiger charge is 2.25. The van der Waals surface area contributed by atoms with E-state index in [4.69, 9.17) is 4.74 Å². The van der Waals surface area contributed by atoms with Crippen molar-refractivity contribution in [3.8, 4) is 11.5 Å². The van der Waals surface area contributed by atoms with Crippen LogP contribution in [0.25, 0.3) is 10.9 Å². The smallest absolute Gasteiger partial charge is 0.311 e. The molecule has 4 rings (SSSR count). The maximum absolute atomic E-state index is 13.7. The van der Waals surface area contributed by atoms with Crippen LogP contribution in [0.5, 0.6) is 11.5 Å². The number of hydrogen-bond acceptors (Lipinski definition) is 4. The quantitative estimate of drug-likeness (QED) is 0.604. The number of fused-ring (bicyclic) bond motifs is 1. The average molecular weight is 413 g/mol. The van der Waals surface area contributed by atoms with E-state index in [0.717, 1.165) is 37.8 Å². The van der Waals surface area contributed by atoms with E-state index in [0.29, 0.717) is 28.9 Å². The Labute approximate surface area is 171 Å². The van der Waals surface area contributed by atoms with Crippen LogP contribution in [0.15, 0.2) is 36.4 Å². The fraction of sp³-hybridized carbons (Fsp3) is 0.304. The Balaban J connectivity index is 1.75. The van der Waals surface area contributed by atoms with Gasteiger partial charge < -0.3 is 9.84 Å². The molecular formula is C23H21F2NO4. The van der Waals surface area contributed by atoms with Gasteiger partial charge in [0.25, 0.3) is 5.91 Å². The van der Waals surface area contributed by atoms with Crippen LogP contribution < -0.4 is 4.74 Å². The van der Waals surface area contributed by atoms with E-state index in [1.54, 1.807) is 6.92 Å². The number of halogens is 2. The summed E-state index contributed by atoms with van der Waals surface area (Å²) in [7, 11) is 0. The Morgan fingerprint density at radius 1 is 1.10 bits per heavy atom. The van der Waals surface area contributed by atoms with Crippen molar-refractivity contribution in [2.45, 2.75) is 39.0 Å². The highest BCUT2D eigenvalue weighted by Crippen LogP contribution is 2.36. The molecule has 1 fully saturated rings. The van der Waals surface area contributed by atoms with Gasteiger partial charge in [0.1, 0.15) is 5.75 Å². The summed E-state index contributed by atoms with van der Waals surface area (Å²) in [5.74, 6) is -2.74. The minimum absolute atomic E-state index is 0.0481. The van der Waals surface area contributed by atoms with Crippen LogP contribution in [0.4, 0.5) is 8.78 Å². The second-order valence-corrected chi connectivity index (χ2v) is 7.71. The Morgan fingerprint density at radius 3 is 2.53 bits per heavy atom. The van der Waals surface area contributed by atoms with Crippen LogP contribution in [0.1, 0.15) is 48.2 Å². The number of aromatic hydroxyl groups is 1. The number of benzene rings is 2. The molecule has 1 aromatic heterocycles. The van der Waals surface area contributed by atoms with Crippen LogP contribution in [0, 0.1) is 24.5 Å². The van der Waals surface area contributed by atoms with Gasteiger partial charge >= 0.3 is 5.97 Å². The zero-order valence-electron chi connectivity index (χ0n) is 16.5. The van der Waals surface area contributed by atoms with Crippen LogP contribution in [-0.4, -0.2) is 21.6 Å². The zero-order chi connectivity index (χ0) is 21.4. The van der Waals surface area contributed by atoms with Gasteiger partial charge in [-0.05, 0) is 62.1 Å². The molecule has 30 heavy (non-hydrogen) atoms. The number of esters is 1. The molecule has 0 amide bonds. The number of rotatable bonds is 4. The Kier molecular flexibility index (Phi) is 5.28. The first-order valence-corrected chi connectivity index (χ1v) is 9.89. The van der Waals surface area contributed by atoms with Gasteiger partial charge in [0.15, 0.2) is 17.4 Å². The molecule has 0 spiro atoms. The highest BCUT2D eigenvalue weighted by atomic mass is 19.2. The van der Waals surface area contributed by atoms with Gasteiger partial charge in [0.2, 0.25) is 0 Å². The highest BCUT2D eigenvalue weighted by molar-refractivity contribution is 6.05. The molecule has 1 heterocycles. The molecule has 0 unspecified atom stereocenters. The first-order valence-electron chi connectivity index (χ1n) is 9.89. The average Bonchev–Trinajstić information content (AvgIpc) is 3.30. The number of nitrogens with zero attached hydrogens (tertiary/aromatic N) is 1. The first kappa shape index (κ1) is 20.1. The SMILES string of the molecule is Cc1c(OC(=O)CC2CCCC2)c2cc(O)ccc2n1C(=O)c1ccc(F)c(F)c1. The lowest BCUT2D eigenvalue weighted by molar-refractivity contribution is -0.135. The minimum Gasteiger partial charge on any atom is -0.508 e. The van der Waals surface area contributed by atoms with E-state index in [1.807, 2.05) is 0 Å². The summed E-state index contributed by atoms with van der Waals surface area (Å²) in [6.45, 7) is 1.60. The molecule has 0 saturated heterocycles. The second-order valence-electron chi connectivity index (χ2n) is 7.71. The van der Waals surface area contributed by atoms with Crippen molar-refractivity contribution in [3.63, 3.8) is 0 Å². The standard InChI is InChI=1S/C23H21F2NO4/c1-13-22(30-21(28)10-14-4-2-3-5-14)17-12-16(27)7-9-20(17)26(13)23(29)15-6-8-18(24)19(25)11-15/h6-9,11-12,14,27H,2-5,10H2,1H3. The van der Waals surface area contributed by atoms with Crippen LogP contribution in [0.2, 0.25) is 0 Å². The van der Waals surface area contributed by atoms with Crippen molar-refractivity contribution in [2.75, 3.05) is 0 Å². The predicted molar refractivity (Wildman–Crippen MR) is 107 cm³/mol. The molecule has 0 atom stereocenters. The Bertz CT molecular complexity index is 1150. The fourth-order valence-electron chi connectivity index (χ4n) is 4.13. The molecule has 1 saturated carbocycles. The number of aromatic nitrogens is 1.